The van der Waals surface area contributed by atoms with Crippen molar-refractivity contribution < 1.29 is 5.11 Å². The Bertz CT molecular complexity index is 380. The highest BCUT2D eigenvalue weighted by molar-refractivity contribution is 4.76. The maximum atomic E-state index is 10.8. The molecule has 0 bridgehead atoms. The van der Waals surface area contributed by atoms with Crippen LogP contribution in [0.3, 0.4) is 0 Å². The molecule has 174 valence electrons. The highest BCUT2D eigenvalue weighted by Gasteiger charge is 2.23. The Labute approximate surface area is 184 Å². The van der Waals surface area contributed by atoms with Gasteiger partial charge in [-0.3, -0.25) is 0 Å². The minimum Gasteiger partial charge on any atom is -0.390 e. The largest absolute Gasteiger partial charge is 0.390 e. The minimum absolute atomic E-state index is 0.454. The smallest absolute Gasteiger partial charge is 0.0619 e. The molecule has 1 rings (SSSR count). The van der Waals surface area contributed by atoms with E-state index in [4.69, 9.17) is 0 Å². The van der Waals surface area contributed by atoms with Crippen LogP contribution in [-0.2, 0) is 0 Å². The van der Waals surface area contributed by atoms with Crippen molar-refractivity contribution in [2.75, 3.05) is 0 Å². The van der Waals surface area contributed by atoms with E-state index in [-0.39, 0.29) is 0 Å². The van der Waals surface area contributed by atoms with Gasteiger partial charge in [0.05, 0.1) is 5.60 Å². The van der Waals surface area contributed by atoms with E-state index in [0.29, 0.717) is 0 Å². The molecule has 0 spiro atoms. The summed E-state index contributed by atoms with van der Waals surface area (Å²) in [6.45, 7) is 14.0. The van der Waals surface area contributed by atoms with E-state index in [0.717, 1.165) is 42.4 Å². The van der Waals surface area contributed by atoms with Gasteiger partial charge in [0, 0.05) is 0 Å². The molecule has 1 fully saturated rings. The van der Waals surface area contributed by atoms with Gasteiger partial charge in [0.2, 0.25) is 0 Å². The van der Waals surface area contributed by atoms with Gasteiger partial charge in [-0.15, -0.1) is 0 Å². The number of rotatable bonds is 16. The first-order valence-electron chi connectivity index (χ1n) is 13.4. The standard InChI is InChI=1S/C28H56O/c1-23(2)12-10-13-24(3)17-18-25(4)14-11-20-28(6,29)21-19-26(5)22-27-15-8-7-9-16-27/h23-27,29H,7-22H2,1-6H3. The molecular formula is C28H56O. The van der Waals surface area contributed by atoms with Gasteiger partial charge in [-0.2, -0.15) is 0 Å². The molecule has 1 nitrogen and oxygen atoms in total. The summed E-state index contributed by atoms with van der Waals surface area (Å²) in [6, 6.07) is 0. The van der Waals surface area contributed by atoms with E-state index in [1.807, 2.05) is 0 Å². The third-order valence-electron chi connectivity index (χ3n) is 7.68. The van der Waals surface area contributed by atoms with Crippen molar-refractivity contribution in [1.82, 2.24) is 0 Å². The molecule has 0 aliphatic heterocycles. The first-order valence-corrected chi connectivity index (χ1v) is 13.4. The lowest BCUT2D eigenvalue weighted by molar-refractivity contribution is 0.0313. The van der Waals surface area contributed by atoms with Gasteiger partial charge < -0.3 is 5.11 Å². The molecule has 29 heavy (non-hydrogen) atoms. The lowest BCUT2D eigenvalue weighted by Gasteiger charge is -2.28. The molecule has 1 aliphatic carbocycles. The Balaban J connectivity index is 2.09. The van der Waals surface area contributed by atoms with E-state index in [1.165, 1.54) is 89.9 Å². The Hall–Kier alpha value is -0.0400. The second kappa shape index (κ2) is 14.9. The molecule has 0 amide bonds. The van der Waals surface area contributed by atoms with Crippen LogP contribution in [-0.4, -0.2) is 10.7 Å². The monoisotopic (exact) mass is 408 g/mol. The summed E-state index contributed by atoms with van der Waals surface area (Å²) in [5, 5.41) is 10.8. The maximum Gasteiger partial charge on any atom is 0.0619 e. The van der Waals surface area contributed by atoms with Crippen LogP contribution in [0.2, 0.25) is 0 Å². The second-order valence-corrected chi connectivity index (χ2v) is 11.9. The van der Waals surface area contributed by atoms with Gasteiger partial charge >= 0.3 is 0 Å². The average molecular weight is 409 g/mol. The summed E-state index contributed by atoms with van der Waals surface area (Å²) >= 11 is 0. The Morgan fingerprint density at radius 1 is 0.690 bits per heavy atom. The Morgan fingerprint density at radius 2 is 1.28 bits per heavy atom. The SMILES string of the molecule is CC(C)CCCC(C)CCC(C)CCCC(C)(O)CCC(C)CC1CCCCC1. The molecule has 0 aromatic heterocycles. The summed E-state index contributed by atoms with van der Waals surface area (Å²) in [7, 11) is 0. The van der Waals surface area contributed by atoms with E-state index in [2.05, 4.69) is 41.5 Å². The van der Waals surface area contributed by atoms with Crippen LogP contribution in [0.15, 0.2) is 0 Å². The molecule has 0 radical (unpaired) electrons. The van der Waals surface area contributed by atoms with E-state index >= 15 is 0 Å². The fraction of sp³-hybridized carbons (Fsp3) is 1.00. The molecule has 0 saturated heterocycles. The molecule has 0 aromatic carbocycles. The molecule has 4 unspecified atom stereocenters. The third kappa shape index (κ3) is 14.6. The lowest BCUT2D eigenvalue weighted by atomic mass is 9.80. The van der Waals surface area contributed by atoms with Crippen molar-refractivity contribution in [2.24, 2.45) is 29.6 Å². The van der Waals surface area contributed by atoms with Crippen molar-refractivity contribution in [3.05, 3.63) is 0 Å². The lowest BCUT2D eigenvalue weighted by Crippen LogP contribution is -2.25. The summed E-state index contributed by atoms with van der Waals surface area (Å²) in [6.07, 6.45) is 21.2. The van der Waals surface area contributed by atoms with Crippen LogP contribution < -0.4 is 0 Å². The van der Waals surface area contributed by atoms with Crippen LogP contribution in [0.4, 0.5) is 0 Å². The second-order valence-electron chi connectivity index (χ2n) is 11.9. The maximum absolute atomic E-state index is 10.8. The zero-order chi connectivity index (χ0) is 21.7. The van der Waals surface area contributed by atoms with Crippen molar-refractivity contribution in [3.63, 3.8) is 0 Å². The summed E-state index contributed by atoms with van der Waals surface area (Å²) in [5.41, 5.74) is -0.454. The van der Waals surface area contributed by atoms with Crippen LogP contribution >= 0.6 is 0 Å². The van der Waals surface area contributed by atoms with Gasteiger partial charge in [-0.05, 0) is 62.2 Å². The average Bonchev–Trinajstić information content (AvgIpc) is 2.65. The highest BCUT2D eigenvalue weighted by atomic mass is 16.3. The number of hydrogen-bond donors (Lipinski definition) is 1. The summed E-state index contributed by atoms with van der Waals surface area (Å²) < 4.78 is 0. The third-order valence-corrected chi connectivity index (χ3v) is 7.68. The zero-order valence-corrected chi connectivity index (χ0v) is 21.1. The van der Waals surface area contributed by atoms with Crippen LogP contribution in [0.1, 0.15) is 144 Å². The normalized spacial score (nSPS) is 21.1. The number of aliphatic hydroxyl groups is 1. The van der Waals surface area contributed by atoms with Crippen LogP contribution in [0.5, 0.6) is 0 Å². The summed E-state index contributed by atoms with van der Waals surface area (Å²) in [4.78, 5) is 0. The van der Waals surface area contributed by atoms with Gasteiger partial charge in [0.25, 0.3) is 0 Å². The van der Waals surface area contributed by atoms with E-state index < -0.39 is 5.60 Å². The zero-order valence-electron chi connectivity index (χ0n) is 21.1. The molecule has 0 aromatic rings. The Kier molecular flexibility index (Phi) is 13.8. The van der Waals surface area contributed by atoms with Crippen molar-refractivity contribution >= 4 is 0 Å². The predicted molar refractivity (Wildman–Crippen MR) is 130 cm³/mol. The molecule has 1 aliphatic rings. The first kappa shape index (κ1) is 27.0. The van der Waals surface area contributed by atoms with E-state index in [1.54, 1.807) is 0 Å². The fourth-order valence-corrected chi connectivity index (χ4v) is 5.36. The van der Waals surface area contributed by atoms with E-state index in [9.17, 15) is 5.11 Å². The van der Waals surface area contributed by atoms with Crippen molar-refractivity contribution in [2.45, 2.75) is 150 Å². The topological polar surface area (TPSA) is 20.2 Å². The predicted octanol–water partition coefficient (Wildman–Crippen LogP) is 9.17. The molecule has 1 saturated carbocycles. The molecule has 1 heteroatoms. The van der Waals surface area contributed by atoms with Gasteiger partial charge in [0.15, 0.2) is 0 Å². The fourth-order valence-electron chi connectivity index (χ4n) is 5.36. The van der Waals surface area contributed by atoms with Crippen LogP contribution in [0.25, 0.3) is 0 Å². The van der Waals surface area contributed by atoms with Gasteiger partial charge in [0.1, 0.15) is 0 Å². The molecule has 1 N–H and O–H groups in total. The Morgan fingerprint density at radius 3 is 1.86 bits per heavy atom. The van der Waals surface area contributed by atoms with Crippen LogP contribution in [0, 0.1) is 29.6 Å². The minimum atomic E-state index is -0.454. The first-order chi connectivity index (χ1) is 13.7. The van der Waals surface area contributed by atoms with Crippen molar-refractivity contribution in [1.29, 1.82) is 0 Å². The molecular weight excluding hydrogens is 352 g/mol. The van der Waals surface area contributed by atoms with Crippen molar-refractivity contribution in [3.8, 4) is 0 Å². The number of hydrogen-bond acceptors (Lipinski definition) is 1. The summed E-state index contributed by atoms with van der Waals surface area (Å²) in [5.74, 6) is 4.29. The molecule has 4 atom stereocenters. The highest BCUT2D eigenvalue weighted by Crippen LogP contribution is 2.32. The van der Waals surface area contributed by atoms with Gasteiger partial charge in [-0.25, -0.2) is 0 Å². The molecule has 0 heterocycles. The quantitative estimate of drug-likeness (QED) is 0.270. The van der Waals surface area contributed by atoms with Gasteiger partial charge in [-0.1, -0.05) is 112 Å².